The summed E-state index contributed by atoms with van der Waals surface area (Å²) in [5, 5.41) is 12.1. The zero-order valence-electron chi connectivity index (χ0n) is 10.8. The van der Waals surface area contributed by atoms with Crippen LogP contribution in [0.2, 0.25) is 0 Å². The normalized spacial score (nSPS) is 15.1. The molecule has 0 aliphatic rings. The van der Waals surface area contributed by atoms with Crippen LogP contribution in [0, 0.1) is 5.41 Å². The van der Waals surface area contributed by atoms with Gasteiger partial charge in [-0.1, -0.05) is 20.8 Å². The zero-order chi connectivity index (χ0) is 12.8. The maximum absolute atomic E-state index is 11.4. The van der Waals surface area contributed by atoms with E-state index in [0.29, 0.717) is 13.0 Å². The van der Waals surface area contributed by atoms with Gasteiger partial charge < -0.3 is 10.4 Å². The van der Waals surface area contributed by atoms with Crippen LogP contribution in [0.3, 0.4) is 0 Å². The third kappa shape index (κ3) is 7.19. The first-order valence-electron chi connectivity index (χ1n) is 5.77. The first-order valence-corrected chi connectivity index (χ1v) is 7.59. The van der Waals surface area contributed by atoms with E-state index in [1.54, 1.807) is 6.92 Å². The topological polar surface area (TPSA) is 66.4 Å². The van der Waals surface area contributed by atoms with Crippen molar-refractivity contribution in [3.8, 4) is 0 Å². The van der Waals surface area contributed by atoms with Gasteiger partial charge in [0.15, 0.2) is 9.84 Å². The number of nitrogens with one attached hydrogen (secondary N) is 1. The van der Waals surface area contributed by atoms with E-state index in [1.807, 2.05) is 6.92 Å². The summed E-state index contributed by atoms with van der Waals surface area (Å²) in [4.78, 5) is 0. The quantitative estimate of drug-likeness (QED) is 0.670. The van der Waals surface area contributed by atoms with Crippen molar-refractivity contribution in [2.45, 2.75) is 40.2 Å². The largest absolute Gasteiger partial charge is 0.396 e. The predicted octanol–water partition coefficient (Wildman–Crippen LogP) is 0.808. The minimum atomic E-state index is -2.91. The molecule has 0 fully saturated rings. The SMILES string of the molecule is CCS(=O)(=O)CC(C)NCC(C)(C)CCO. The van der Waals surface area contributed by atoms with Gasteiger partial charge in [0.25, 0.3) is 0 Å². The van der Waals surface area contributed by atoms with Crippen LogP contribution in [-0.2, 0) is 9.84 Å². The summed E-state index contributed by atoms with van der Waals surface area (Å²) < 4.78 is 22.8. The van der Waals surface area contributed by atoms with E-state index in [1.165, 1.54) is 0 Å². The van der Waals surface area contributed by atoms with Crippen molar-refractivity contribution in [2.75, 3.05) is 24.7 Å². The van der Waals surface area contributed by atoms with Gasteiger partial charge in [0.2, 0.25) is 0 Å². The zero-order valence-corrected chi connectivity index (χ0v) is 11.6. The van der Waals surface area contributed by atoms with Crippen LogP contribution in [-0.4, -0.2) is 44.2 Å². The highest BCUT2D eigenvalue weighted by Gasteiger charge is 2.19. The van der Waals surface area contributed by atoms with Gasteiger partial charge >= 0.3 is 0 Å². The summed E-state index contributed by atoms with van der Waals surface area (Å²) in [5.74, 6) is 0.373. The molecule has 0 aromatic carbocycles. The first-order chi connectivity index (χ1) is 7.22. The van der Waals surface area contributed by atoms with Crippen molar-refractivity contribution in [3.05, 3.63) is 0 Å². The Balaban J connectivity index is 4.03. The Hall–Kier alpha value is -0.130. The van der Waals surface area contributed by atoms with Gasteiger partial charge in [-0.05, 0) is 18.8 Å². The Bertz CT molecular complexity index is 286. The van der Waals surface area contributed by atoms with Crippen LogP contribution in [0.25, 0.3) is 0 Å². The molecule has 0 bridgehead atoms. The van der Waals surface area contributed by atoms with Crippen LogP contribution in [0.15, 0.2) is 0 Å². The lowest BCUT2D eigenvalue weighted by molar-refractivity contribution is 0.204. The lowest BCUT2D eigenvalue weighted by Crippen LogP contribution is -2.39. The van der Waals surface area contributed by atoms with Gasteiger partial charge in [0, 0.05) is 24.9 Å². The molecule has 16 heavy (non-hydrogen) atoms. The van der Waals surface area contributed by atoms with Crippen LogP contribution in [0.1, 0.15) is 34.1 Å². The molecule has 0 rings (SSSR count). The van der Waals surface area contributed by atoms with Crippen molar-refractivity contribution in [3.63, 3.8) is 0 Å². The van der Waals surface area contributed by atoms with Gasteiger partial charge in [-0.3, -0.25) is 0 Å². The molecule has 0 saturated carbocycles. The number of sulfone groups is 1. The number of rotatable bonds is 8. The van der Waals surface area contributed by atoms with Crippen molar-refractivity contribution in [1.82, 2.24) is 5.32 Å². The summed E-state index contributed by atoms with van der Waals surface area (Å²) in [6.45, 7) is 8.53. The molecule has 0 saturated heterocycles. The highest BCUT2D eigenvalue weighted by Crippen LogP contribution is 2.18. The van der Waals surface area contributed by atoms with Crippen molar-refractivity contribution >= 4 is 9.84 Å². The average Bonchev–Trinajstić information content (AvgIpc) is 2.14. The average molecular weight is 251 g/mol. The van der Waals surface area contributed by atoms with Gasteiger partial charge in [-0.15, -0.1) is 0 Å². The molecule has 0 aromatic heterocycles. The van der Waals surface area contributed by atoms with Crippen LogP contribution in [0.4, 0.5) is 0 Å². The second-order valence-electron chi connectivity index (χ2n) is 5.12. The third-order valence-corrected chi connectivity index (χ3v) is 4.55. The van der Waals surface area contributed by atoms with E-state index in [0.717, 1.165) is 0 Å². The van der Waals surface area contributed by atoms with Gasteiger partial charge in [0.1, 0.15) is 0 Å². The van der Waals surface area contributed by atoms with Crippen LogP contribution >= 0.6 is 0 Å². The Kier molecular flexibility index (Phi) is 6.51. The Morgan fingerprint density at radius 1 is 1.38 bits per heavy atom. The molecule has 98 valence electrons. The maximum Gasteiger partial charge on any atom is 0.151 e. The second kappa shape index (κ2) is 6.57. The highest BCUT2D eigenvalue weighted by atomic mass is 32.2. The lowest BCUT2D eigenvalue weighted by Gasteiger charge is -2.26. The molecule has 0 heterocycles. The Morgan fingerprint density at radius 3 is 2.38 bits per heavy atom. The summed E-state index contributed by atoms with van der Waals surface area (Å²) in [5.41, 5.74) is -0.00101. The predicted molar refractivity (Wildman–Crippen MR) is 67.3 cm³/mol. The number of aliphatic hydroxyl groups excluding tert-OH is 1. The van der Waals surface area contributed by atoms with E-state index in [4.69, 9.17) is 5.11 Å². The highest BCUT2D eigenvalue weighted by molar-refractivity contribution is 7.91. The van der Waals surface area contributed by atoms with E-state index in [-0.39, 0.29) is 29.6 Å². The Labute approximate surface area is 99.4 Å². The van der Waals surface area contributed by atoms with Crippen molar-refractivity contribution < 1.29 is 13.5 Å². The molecular weight excluding hydrogens is 226 g/mol. The fraction of sp³-hybridized carbons (Fsp3) is 1.00. The van der Waals surface area contributed by atoms with Crippen molar-refractivity contribution in [2.24, 2.45) is 5.41 Å². The fourth-order valence-corrected chi connectivity index (χ4v) is 2.51. The molecule has 2 N–H and O–H groups in total. The molecule has 0 aromatic rings. The van der Waals surface area contributed by atoms with Gasteiger partial charge in [-0.2, -0.15) is 0 Å². The van der Waals surface area contributed by atoms with Crippen LogP contribution < -0.4 is 5.32 Å². The molecular formula is C11H25NO3S. The summed E-state index contributed by atoms with van der Waals surface area (Å²) in [6.07, 6.45) is 0.716. The summed E-state index contributed by atoms with van der Waals surface area (Å²) >= 11 is 0. The molecule has 1 unspecified atom stereocenters. The minimum Gasteiger partial charge on any atom is -0.396 e. The molecule has 1 atom stereocenters. The first kappa shape index (κ1) is 15.9. The minimum absolute atomic E-state index is 0.00101. The lowest BCUT2D eigenvalue weighted by atomic mass is 9.89. The monoisotopic (exact) mass is 251 g/mol. The molecule has 0 radical (unpaired) electrons. The molecule has 0 aliphatic carbocycles. The number of hydrogen-bond acceptors (Lipinski definition) is 4. The van der Waals surface area contributed by atoms with E-state index >= 15 is 0 Å². The Morgan fingerprint density at radius 2 is 1.94 bits per heavy atom. The summed E-state index contributed by atoms with van der Waals surface area (Å²) in [7, 11) is -2.91. The molecule has 0 spiro atoms. The van der Waals surface area contributed by atoms with E-state index < -0.39 is 9.84 Å². The fourth-order valence-electron chi connectivity index (χ4n) is 1.40. The number of aliphatic hydroxyl groups is 1. The van der Waals surface area contributed by atoms with Crippen molar-refractivity contribution in [1.29, 1.82) is 0 Å². The maximum atomic E-state index is 11.4. The molecule has 0 aliphatic heterocycles. The molecule has 4 nitrogen and oxygen atoms in total. The van der Waals surface area contributed by atoms with Gasteiger partial charge in [0.05, 0.1) is 5.75 Å². The third-order valence-electron chi connectivity index (χ3n) is 2.66. The summed E-state index contributed by atoms with van der Waals surface area (Å²) in [6, 6.07) is -0.0390. The number of hydrogen-bond donors (Lipinski definition) is 2. The van der Waals surface area contributed by atoms with Crippen LogP contribution in [0.5, 0.6) is 0 Å². The molecule has 0 amide bonds. The van der Waals surface area contributed by atoms with Gasteiger partial charge in [-0.25, -0.2) is 8.42 Å². The van der Waals surface area contributed by atoms with E-state index in [9.17, 15) is 8.42 Å². The smallest absolute Gasteiger partial charge is 0.151 e. The second-order valence-corrected chi connectivity index (χ2v) is 7.52. The van der Waals surface area contributed by atoms with E-state index in [2.05, 4.69) is 19.2 Å². The molecule has 5 heteroatoms. The standard InChI is InChI=1S/C11H25NO3S/c1-5-16(14,15)8-10(2)12-9-11(3,4)6-7-13/h10,12-13H,5-9H2,1-4H3.